The highest BCUT2D eigenvalue weighted by molar-refractivity contribution is 6.04. The molecule has 4 rings (SSSR count). The van der Waals surface area contributed by atoms with Crippen molar-refractivity contribution in [3.8, 4) is 11.5 Å². The van der Waals surface area contributed by atoms with Gasteiger partial charge in [-0.3, -0.25) is 4.79 Å². The van der Waals surface area contributed by atoms with E-state index in [0.29, 0.717) is 28.5 Å². The fourth-order valence-electron chi connectivity index (χ4n) is 2.67. The van der Waals surface area contributed by atoms with E-state index in [-0.39, 0.29) is 11.7 Å². The quantitative estimate of drug-likeness (QED) is 0.605. The van der Waals surface area contributed by atoms with Gasteiger partial charge in [-0.2, -0.15) is 10.2 Å². The van der Waals surface area contributed by atoms with Gasteiger partial charge < -0.3 is 5.32 Å². The summed E-state index contributed by atoms with van der Waals surface area (Å²) in [6.45, 7) is 1.78. The molecule has 4 aromatic rings. The molecule has 0 saturated carbocycles. The van der Waals surface area contributed by atoms with Crippen LogP contribution in [0.4, 0.5) is 10.1 Å². The second-order valence-corrected chi connectivity index (χ2v) is 5.84. The average Bonchev–Trinajstić information content (AvgIpc) is 3.33. The van der Waals surface area contributed by atoms with E-state index in [1.165, 1.54) is 18.3 Å². The minimum atomic E-state index is -0.326. The maximum absolute atomic E-state index is 13.1. The molecular weight excluding hydrogens is 347 g/mol. The van der Waals surface area contributed by atoms with E-state index < -0.39 is 0 Å². The van der Waals surface area contributed by atoms with Crippen molar-refractivity contribution in [1.82, 2.24) is 24.5 Å². The Labute approximate surface area is 154 Å². The van der Waals surface area contributed by atoms with Crippen LogP contribution in [0.2, 0.25) is 0 Å². The van der Waals surface area contributed by atoms with Crippen molar-refractivity contribution in [2.75, 3.05) is 5.32 Å². The number of hydrogen-bond acceptors (Lipinski definition) is 4. The smallest absolute Gasteiger partial charge is 0.259 e. The Kier molecular flexibility index (Phi) is 4.21. The molecular formula is C19H15FN6O. The van der Waals surface area contributed by atoms with Gasteiger partial charge in [0.25, 0.3) is 5.91 Å². The largest absolute Gasteiger partial charge is 0.320 e. The van der Waals surface area contributed by atoms with Crippen LogP contribution in [0.1, 0.15) is 16.1 Å². The minimum Gasteiger partial charge on any atom is -0.320 e. The van der Waals surface area contributed by atoms with Gasteiger partial charge in [0.05, 0.1) is 35.0 Å². The van der Waals surface area contributed by atoms with Gasteiger partial charge in [0.2, 0.25) is 0 Å². The molecule has 0 spiro atoms. The Bertz CT molecular complexity index is 1070. The number of amides is 1. The van der Waals surface area contributed by atoms with Gasteiger partial charge in [0.15, 0.2) is 5.82 Å². The molecule has 0 aliphatic rings. The van der Waals surface area contributed by atoms with E-state index in [9.17, 15) is 9.18 Å². The van der Waals surface area contributed by atoms with Crippen LogP contribution in [-0.4, -0.2) is 30.5 Å². The number of pyridine rings is 1. The first-order chi connectivity index (χ1) is 13.1. The Morgan fingerprint density at radius 3 is 2.56 bits per heavy atom. The molecule has 0 radical (unpaired) electrons. The van der Waals surface area contributed by atoms with E-state index in [2.05, 4.69) is 20.5 Å². The topological polar surface area (TPSA) is 77.6 Å². The minimum absolute atomic E-state index is 0.297. The van der Waals surface area contributed by atoms with Gasteiger partial charge in [-0.15, -0.1) is 0 Å². The van der Waals surface area contributed by atoms with Gasteiger partial charge in [-0.1, -0.05) is 0 Å². The monoisotopic (exact) mass is 362 g/mol. The number of rotatable bonds is 4. The summed E-state index contributed by atoms with van der Waals surface area (Å²) in [6.07, 6.45) is 6.50. The molecule has 1 aromatic carbocycles. The summed E-state index contributed by atoms with van der Waals surface area (Å²) in [5.74, 6) is 0.0281. The zero-order valence-corrected chi connectivity index (χ0v) is 14.4. The van der Waals surface area contributed by atoms with Crippen LogP contribution in [0, 0.1) is 12.7 Å². The van der Waals surface area contributed by atoms with E-state index >= 15 is 0 Å². The normalized spacial score (nSPS) is 10.7. The van der Waals surface area contributed by atoms with E-state index in [1.54, 1.807) is 65.2 Å². The van der Waals surface area contributed by atoms with Crippen LogP contribution < -0.4 is 5.32 Å². The maximum atomic E-state index is 13.1. The second-order valence-electron chi connectivity index (χ2n) is 5.84. The van der Waals surface area contributed by atoms with Crippen LogP contribution in [0.25, 0.3) is 11.5 Å². The standard InChI is InChI=1S/C19H15FN6O/c1-13-17(12-23-26(13)16-6-3-14(20)4-7-16)19(27)24-15-5-8-18(21-11-15)25-10-2-9-22-25/h2-12H,1H3,(H,24,27). The molecule has 27 heavy (non-hydrogen) atoms. The predicted octanol–water partition coefficient (Wildman–Crippen LogP) is 3.15. The number of nitrogens with zero attached hydrogens (tertiary/aromatic N) is 5. The summed E-state index contributed by atoms with van der Waals surface area (Å²) in [5, 5.41) is 11.1. The Hall–Kier alpha value is -3.81. The number of carbonyl (C=O) groups excluding carboxylic acids is 1. The Morgan fingerprint density at radius 2 is 1.89 bits per heavy atom. The molecule has 0 aliphatic carbocycles. The summed E-state index contributed by atoms with van der Waals surface area (Å²) in [5.41, 5.74) is 2.32. The van der Waals surface area contributed by atoms with Crippen LogP contribution in [-0.2, 0) is 0 Å². The lowest BCUT2D eigenvalue weighted by Crippen LogP contribution is -2.13. The van der Waals surface area contributed by atoms with Crippen LogP contribution >= 0.6 is 0 Å². The van der Waals surface area contributed by atoms with Crippen molar-refractivity contribution in [1.29, 1.82) is 0 Å². The lowest BCUT2D eigenvalue weighted by molar-refractivity contribution is 0.102. The molecule has 134 valence electrons. The van der Waals surface area contributed by atoms with Crippen molar-refractivity contribution >= 4 is 11.6 Å². The first-order valence-corrected chi connectivity index (χ1v) is 8.20. The van der Waals surface area contributed by atoms with Gasteiger partial charge in [-0.05, 0) is 49.4 Å². The molecule has 0 aliphatic heterocycles. The summed E-state index contributed by atoms with van der Waals surface area (Å²) >= 11 is 0. The third-order valence-corrected chi connectivity index (χ3v) is 4.07. The maximum Gasteiger partial charge on any atom is 0.259 e. The molecule has 0 fully saturated rings. The number of hydrogen-bond donors (Lipinski definition) is 1. The third kappa shape index (κ3) is 3.32. The van der Waals surface area contributed by atoms with Crippen molar-refractivity contribution < 1.29 is 9.18 Å². The molecule has 3 aromatic heterocycles. The SMILES string of the molecule is Cc1c(C(=O)Nc2ccc(-n3cccn3)nc2)cnn1-c1ccc(F)cc1. The molecule has 0 saturated heterocycles. The van der Waals surface area contributed by atoms with Crippen molar-refractivity contribution in [3.63, 3.8) is 0 Å². The molecule has 7 nitrogen and oxygen atoms in total. The predicted molar refractivity (Wildman–Crippen MR) is 97.6 cm³/mol. The zero-order chi connectivity index (χ0) is 18.8. The third-order valence-electron chi connectivity index (χ3n) is 4.07. The van der Waals surface area contributed by atoms with Gasteiger partial charge in [-0.25, -0.2) is 18.7 Å². The summed E-state index contributed by atoms with van der Waals surface area (Å²) < 4.78 is 16.3. The number of halogens is 1. The average molecular weight is 362 g/mol. The fourth-order valence-corrected chi connectivity index (χ4v) is 2.67. The van der Waals surface area contributed by atoms with Crippen molar-refractivity contribution in [2.45, 2.75) is 6.92 Å². The number of nitrogens with one attached hydrogen (secondary N) is 1. The van der Waals surface area contributed by atoms with E-state index in [1.807, 2.05) is 0 Å². The van der Waals surface area contributed by atoms with Gasteiger partial charge >= 0.3 is 0 Å². The number of carbonyl (C=O) groups is 1. The van der Waals surface area contributed by atoms with Crippen LogP contribution in [0.3, 0.4) is 0 Å². The molecule has 1 N–H and O–H groups in total. The highest BCUT2D eigenvalue weighted by Crippen LogP contribution is 2.17. The molecule has 1 amide bonds. The molecule has 0 atom stereocenters. The first-order valence-electron chi connectivity index (χ1n) is 8.20. The van der Waals surface area contributed by atoms with Crippen molar-refractivity contribution in [2.24, 2.45) is 0 Å². The van der Waals surface area contributed by atoms with Gasteiger partial charge in [0, 0.05) is 12.4 Å². The fraction of sp³-hybridized carbons (Fsp3) is 0.0526. The number of benzene rings is 1. The highest BCUT2D eigenvalue weighted by atomic mass is 19.1. The Balaban J connectivity index is 1.52. The van der Waals surface area contributed by atoms with E-state index in [4.69, 9.17) is 0 Å². The molecule has 8 heteroatoms. The summed E-state index contributed by atoms with van der Waals surface area (Å²) in [7, 11) is 0. The lowest BCUT2D eigenvalue weighted by atomic mass is 10.2. The second kappa shape index (κ2) is 6.83. The zero-order valence-electron chi connectivity index (χ0n) is 14.4. The molecule has 0 bridgehead atoms. The molecule has 0 unspecified atom stereocenters. The lowest BCUT2D eigenvalue weighted by Gasteiger charge is -2.07. The van der Waals surface area contributed by atoms with Gasteiger partial charge in [0.1, 0.15) is 5.82 Å². The summed E-state index contributed by atoms with van der Waals surface area (Å²) in [6, 6.07) is 11.2. The highest BCUT2D eigenvalue weighted by Gasteiger charge is 2.15. The number of anilines is 1. The van der Waals surface area contributed by atoms with Crippen LogP contribution in [0.5, 0.6) is 0 Å². The summed E-state index contributed by atoms with van der Waals surface area (Å²) in [4.78, 5) is 16.9. The van der Waals surface area contributed by atoms with E-state index in [0.717, 1.165) is 0 Å². The number of aromatic nitrogens is 5. The van der Waals surface area contributed by atoms with Crippen molar-refractivity contribution in [3.05, 3.63) is 84.3 Å². The Morgan fingerprint density at radius 1 is 1.07 bits per heavy atom. The first kappa shape index (κ1) is 16.6. The molecule has 3 heterocycles. The van der Waals surface area contributed by atoms with Crippen LogP contribution in [0.15, 0.2) is 67.3 Å².